The highest BCUT2D eigenvalue weighted by molar-refractivity contribution is 7.99. The van der Waals surface area contributed by atoms with E-state index in [2.05, 4.69) is 23.5 Å². The molecular weight excluding hydrogens is 272 g/mol. The van der Waals surface area contributed by atoms with Gasteiger partial charge in [-0.15, -0.1) is 11.8 Å². The number of primary amides is 1. The number of carbonyl (C=O) groups excluding carboxylic acids is 2. The quantitative estimate of drug-likeness (QED) is 0.908. The highest BCUT2D eigenvalue weighted by Gasteiger charge is 2.15. The van der Waals surface area contributed by atoms with Crippen LogP contribution in [0, 0.1) is 0 Å². The van der Waals surface area contributed by atoms with Crippen LogP contribution in [-0.4, -0.2) is 17.2 Å². The van der Waals surface area contributed by atoms with Gasteiger partial charge in [0.05, 0.1) is 5.25 Å². The minimum absolute atomic E-state index is 0.332. The highest BCUT2D eigenvalue weighted by Crippen LogP contribution is 2.24. The fourth-order valence-corrected chi connectivity index (χ4v) is 2.82. The Morgan fingerprint density at radius 3 is 2.65 bits per heavy atom. The first-order valence-electron chi connectivity index (χ1n) is 6.26. The average molecular weight is 288 g/mol. The Kier molecular flexibility index (Phi) is 4.63. The summed E-state index contributed by atoms with van der Waals surface area (Å²) in [6.45, 7) is 1.76. The van der Waals surface area contributed by atoms with Crippen molar-refractivity contribution in [2.45, 2.75) is 17.9 Å². The molecule has 20 heavy (non-hydrogen) atoms. The summed E-state index contributed by atoms with van der Waals surface area (Å²) in [6.07, 6.45) is 0. The van der Waals surface area contributed by atoms with Gasteiger partial charge in [0.2, 0.25) is 5.91 Å². The lowest BCUT2D eigenvalue weighted by molar-refractivity contribution is -0.119. The summed E-state index contributed by atoms with van der Waals surface area (Å²) in [5.41, 5.74) is 6.11. The molecule has 2 aromatic carbocycles. The summed E-state index contributed by atoms with van der Waals surface area (Å²) in [4.78, 5) is 22.2. The molecule has 3 amide bonds. The van der Waals surface area contributed by atoms with Crippen molar-refractivity contribution in [2.24, 2.45) is 5.73 Å². The van der Waals surface area contributed by atoms with Crippen LogP contribution in [0.5, 0.6) is 0 Å². The predicted molar refractivity (Wildman–Crippen MR) is 82.4 cm³/mol. The number of nitrogens with one attached hydrogen (secondary N) is 1. The molecule has 0 aliphatic heterocycles. The van der Waals surface area contributed by atoms with Crippen LogP contribution in [0.3, 0.4) is 0 Å². The second-order valence-electron chi connectivity index (χ2n) is 4.45. The van der Waals surface area contributed by atoms with Crippen molar-refractivity contribution in [3.8, 4) is 0 Å². The number of benzene rings is 2. The molecule has 0 radical (unpaired) electrons. The Morgan fingerprint density at radius 1 is 1.20 bits per heavy atom. The van der Waals surface area contributed by atoms with E-state index in [1.54, 1.807) is 6.92 Å². The van der Waals surface area contributed by atoms with Gasteiger partial charge in [-0.2, -0.15) is 0 Å². The van der Waals surface area contributed by atoms with Crippen LogP contribution < -0.4 is 11.1 Å². The summed E-state index contributed by atoms with van der Waals surface area (Å²) in [5.74, 6) is 0.345. The molecule has 3 N–H and O–H groups in total. The lowest BCUT2D eigenvalue weighted by Crippen LogP contribution is -2.39. The molecule has 0 fully saturated rings. The van der Waals surface area contributed by atoms with Gasteiger partial charge in [0.25, 0.3) is 0 Å². The molecule has 5 heteroatoms. The first-order chi connectivity index (χ1) is 9.58. The van der Waals surface area contributed by atoms with E-state index in [1.807, 2.05) is 24.3 Å². The number of thioether (sulfide) groups is 1. The molecule has 1 atom stereocenters. The van der Waals surface area contributed by atoms with Gasteiger partial charge >= 0.3 is 6.03 Å². The maximum atomic E-state index is 11.6. The number of rotatable bonds is 4. The molecule has 0 spiro atoms. The zero-order valence-electron chi connectivity index (χ0n) is 11.1. The molecule has 104 valence electrons. The molecule has 0 saturated heterocycles. The summed E-state index contributed by atoms with van der Waals surface area (Å²) < 4.78 is 0. The Bertz CT molecular complexity index is 637. The molecule has 0 heterocycles. The third kappa shape index (κ3) is 3.51. The number of imide groups is 1. The predicted octanol–water partition coefficient (Wildman–Crippen LogP) is 2.66. The van der Waals surface area contributed by atoms with Gasteiger partial charge in [-0.25, -0.2) is 4.79 Å². The van der Waals surface area contributed by atoms with Crippen LogP contribution in [0.25, 0.3) is 10.8 Å². The summed E-state index contributed by atoms with van der Waals surface area (Å²) in [5, 5.41) is 4.13. The fraction of sp³-hybridized carbons (Fsp3) is 0.200. The number of carbonyl (C=O) groups is 2. The van der Waals surface area contributed by atoms with Crippen LogP contribution in [0.4, 0.5) is 4.79 Å². The fourth-order valence-electron chi connectivity index (χ4n) is 1.93. The maximum Gasteiger partial charge on any atom is 0.318 e. The average Bonchev–Trinajstić information content (AvgIpc) is 2.44. The first kappa shape index (κ1) is 14.4. The Labute approximate surface area is 121 Å². The van der Waals surface area contributed by atoms with Crippen LogP contribution in [0.1, 0.15) is 12.5 Å². The second kappa shape index (κ2) is 6.43. The van der Waals surface area contributed by atoms with Gasteiger partial charge in [-0.05, 0) is 23.3 Å². The van der Waals surface area contributed by atoms with Gasteiger partial charge in [0.15, 0.2) is 0 Å². The zero-order valence-corrected chi connectivity index (χ0v) is 11.9. The molecule has 2 aromatic rings. The van der Waals surface area contributed by atoms with E-state index < -0.39 is 6.03 Å². The second-order valence-corrected chi connectivity index (χ2v) is 5.77. The number of amides is 3. The number of hydrogen-bond donors (Lipinski definition) is 2. The Balaban J connectivity index is 2.06. The third-order valence-electron chi connectivity index (χ3n) is 2.98. The molecule has 4 nitrogen and oxygen atoms in total. The lowest BCUT2D eigenvalue weighted by Gasteiger charge is -2.11. The van der Waals surface area contributed by atoms with E-state index in [9.17, 15) is 9.59 Å². The molecule has 0 aromatic heterocycles. The molecule has 1 unspecified atom stereocenters. The molecule has 2 rings (SSSR count). The Hall–Kier alpha value is -2.01. The van der Waals surface area contributed by atoms with Crippen molar-refractivity contribution in [1.29, 1.82) is 0 Å². The van der Waals surface area contributed by atoms with E-state index in [1.165, 1.54) is 28.1 Å². The van der Waals surface area contributed by atoms with Crippen molar-refractivity contribution in [3.05, 3.63) is 48.0 Å². The van der Waals surface area contributed by atoms with Crippen molar-refractivity contribution < 1.29 is 9.59 Å². The van der Waals surface area contributed by atoms with Crippen molar-refractivity contribution in [1.82, 2.24) is 5.32 Å². The minimum Gasteiger partial charge on any atom is -0.351 e. The third-order valence-corrected chi connectivity index (χ3v) is 4.18. The van der Waals surface area contributed by atoms with Gasteiger partial charge in [-0.1, -0.05) is 42.5 Å². The maximum absolute atomic E-state index is 11.6. The molecule has 0 aliphatic carbocycles. The number of hydrogen-bond acceptors (Lipinski definition) is 3. The molecule has 0 saturated carbocycles. The standard InChI is InChI=1S/C15H16N2O2S/c1-10(14(18)17-15(16)19)20-9-12-7-4-6-11-5-2-3-8-13(11)12/h2-8,10H,9H2,1H3,(H3,16,17,18,19). The van der Waals surface area contributed by atoms with Gasteiger partial charge in [0, 0.05) is 5.75 Å². The minimum atomic E-state index is -0.812. The summed E-state index contributed by atoms with van der Waals surface area (Å²) in [7, 11) is 0. The normalized spacial score (nSPS) is 12.1. The van der Waals surface area contributed by atoms with Gasteiger partial charge < -0.3 is 5.73 Å². The van der Waals surface area contributed by atoms with Crippen LogP contribution in [-0.2, 0) is 10.5 Å². The molecule has 0 aliphatic rings. The van der Waals surface area contributed by atoms with Crippen LogP contribution in [0.2, 0.25) is 0 Å². The number of fused-ring (bicyclic) bond motifs is 1. The van der Waals surface area contributed by atoms with Crippen molar-refractivity contribution in [2.75, 3.05) is 0 Å². The smallest absolute Gasteiger partial charge is 0.318 e. The van der Waals surface area contributed by atoms with E-state index >= 15 is 0 Å². The monoisotopic (exact) mass is 288 g/mol. The molecule has 0 bridgehead atoms. The largest absolute Gasteiger partial charge is 0.351 e. The highest BCUT2D eigenvalue weighted by atomic mass is 32.2. The summed E-state index contributed by atoms with van der Waals surface area (Å²) in [6, 6.07) is 13.4. The van der Waals surface area contributed by atoms with Crippen LogP contribution >= 0.6 is 11.8 Å². The van der Waals surface area contributed by atoms with E-state index in [0.717, 1.165) is 0 Å². The Morgan fingerprint density at radius 2 is 1.90 bits per heavy atom. The van der Waals surface area contributed by atoms with E-state index in [4.69, 9.17) is 5.73 Å². The topological polar surface area (TPSA) is 72.2 Å². The summed E-state index contributed by atoms with van der Waals surface area (Å²) >= 11 is 1.47. The zero-order chi connectivity index (χ0) is 14.5. The van der Waals surface area contributed by atoms with Crippen LogP contribution in [0.15, 0.2) is 42.5 Å². The van der Waals surface area contributed by atoms with E-state index in [-0.39, 0.29) is 11.2 Å². The lowest BCUT2D eigenvalue weighted by atomic mass is 10.1. The van der Waals surface area contributed by atoms with Crippen molar-refractivity contribution in [3.63, 3.8) is 0 Å². The van der Waals surface area contributed by atoms with E-state index in [0.29, 0.717) is 5.75 Å². The van der Waals surface area contributed by atoms with Crippen molar-refractivity contribution >= 4 is 34.5 Å². The SMILES string of the molecule is CC(SCc1cccc2ccccc12)C(=O)NC(N)=O. The number of urea groups is 1. The van der Waals surface area contributed by atoms with Gasteiger partial charge in [-0.3, -0.25) is 10.1 Å². The first-order valence-corrected chi connectivity index (χ1v) is 7.31. The number of nitrogens with two attached hydrogens (primary N) is 1. The van der Waals surface area contributed by atoms with Gasteiger partial charge in [0.1, 0.15) is 0 Å². The molecular formula is C15H16N2O2S.